The van der Waals surface area contributed by atoms with Gasteiger partial charge in [-0.15, -0.1) is 0 Å². The molecular weight excluding hydrogens is 216 g/mol. The summed E-state index contributed by atoms with van der Waals surface area (Å²) in [6.07, 6.45) is 2.49. The van der Waals surface area contributed by atoms with Crippen molar-refractivity contribution in [2.45, 2.75) is 17.9 Å². The van der Waals surface area contributed by atoms with E-state index in [1.54, 1.807) is 6.92 Å². The Kier molecular flexibility index (Phi) is 5.16. The van der Waals surface area contributed by atoms with Crippen LogP contribution in [0.4, 0.5) is 0 Å². The first kappa shape index (κ1) is 14.3. The van der Waals surface area contributed by atoms with Crippen molar-refractivity contribution in [1.29, 1.82) is 0 Å². The van der Waals surface area contributed by atoms with Crippen LogP contribution in [0.15, 0.2) is 12.2 Å². The van der Waals surface area contributed by atoms with Gasteiger partial charge in [0.2, 0.25) is 0 Å². The topological polar surface area (TPSA) is 65.0 Å². The molecule has 5 nitrogen and oxygen atoms in total. The third-order valence-electron chi connectivity index (χ3n) is 2.65. The zero-order valence-electron chi connectivity index (χ0n) is 9.73. The van der Waals surface area contributed by atoms with E-state index in [4.69, 9.17) is 19.3 Å². The molecule has 0 heterocycles. The summed E-state index contributed by atoms with van der Waals surface area (Å²) in [5.41, 5.74) is 0. The number of ether oxygens (including phenoxy) is 3. The van der Waals surface area contributed by atoms with E-state index in [0.29, 0.717) is 10.2 Å². The number of carboxylic acids is 1. The average Bonchev–Trinajstić information content (AvgIpc) is 2.24. The zero-order chi connectivity index (χ0) is 12.1. The van der Waals surface area contributed by atoms with Gasteiger partial charge in [-0.3, -0.25) is 0 Å². The molecule has 0 fully saturated rings. The van der Waals surface area contributed by atoms with Crippen molar-refractivity contribution < 1.29 is 24.1 Å². The first-order valence-corrected chi connectivity index (χ1v) is 5.43. The summed E-state index contributed by atoms with van der Waals surface area (Å²) in [5, 5.41) is 7.74. The highest BCUT2D eigenvalue weighted by Crippen LogP contribution is 2.28. The highest BCUT2D eigenvalue weighted by Gasteiger charge is 2.44. The standard InChI is InChI=1S/C9H18O5Si/c1-8(12-2,13-3)9(15,14-4)6-5-7(10)11/h5-6H,1-4,15H3,(H,10,11). The van der Waals surface area contributed by atoms with Gasteiger partial charge >= 0.3 is 5.97 Å². The van der Waals surface area contributed by atoms with Gasteiger partial charge in [0.15, 0.2) is 5.79 Å². The molecule has 1 unspecified atom stereocenters. The van der Waals surface area contributed by atoms with E-state index >= 15 is 0 Å². The van der Waals surface area contributed by atoms with Crippen LogP contribution in [0.2, 0.25) is 0 Å². The Morgan fingerprint density at radius 3 is 2.00 bits per heavy atom. The highest BCUT2D eigenvalue weighted by atomic mass is 28.1. The molecule has 0 rings (SSSR count). The summed E-state index contributed by atoms with van der Waals surface area (Å²) in [7, 11) is 5.00. The van der Waals surface area contributed by atoms with E-state index in [-0.39, 0.29) is 0 Å². The first-order chi connectivity index (χ1) is 6.85. The molecule has 88 valence electrons. The fourth-order valence-electron chi connectivity index (χ4n) is 1.12. The molecule has 0 aromatic carbocycles. The molecule has 0 saturated carbocycles. The zero-order valence-corrected chi connectivity index (χ0v) is 11.7. The minimum Gasteiger partial charge on any atom is -0.478 e. The lowest BCUT2D eigenvalue weighted by Crippen LogP contribution is -2.55. The van der Waals surface area contributed by atoms with Gasteiger partial charge in [0.05, 0.1) is 10.2 Å². The van der Waals surface area contributed by atoms with E-state index in [1.165, 1.54) is 27.4 Å². The smallest absolute Gasteiger partial charge is 0.328 e. The maximum atomic E-state index is 10.5. The fraction of sp³-hybridized carbons (Fsp3) is 0.667. The highest BCUT2D eigenvalue weighted by molar-refractivity contribution is 6.17. The SMILES string of the molecule is COC([SiH3])(C=CC(=O)O)C(C)(OC)OC. The van der Waals surface area contributed by atoms with Crippen LogP contribution in [0.5, 0.6) is 0 Å². The molecule has 6 heteroatoms. The van der Waals surface area contributed by atoms with Gasteiger partial charge < -0.3 is 19.3 Å². The van der Waals surface area contributed by atoms with Crippen molar-refractivity contribution >= 4 is 16.2 Å². The predicted molar refractivity (Wildman–Crippen MR) is 58.9 cm³/mol. The van der Waals surface area contributed by atoms with Crippen LogP contribution >= 0.6 is 0 Å². The van der Waals surface area contributed by atoms with E-state index in [2.05, 4.69) is 0 Å². The lowest BCUT2D eigenvalue weighted by Gasteiger charge is -2.41. The number of aliphatic carboxylic acids is 1. The molecule has 0 amide bonds. The van der Waals surface area contributed by atoms with Gasteiger partial charge in [0.25, 0.3) is 0 Å². The normalized spacial score (nSPS) is 16.8. The van der Waals surface area contributed by atoms with E-state index in [0.717, 1.165) is 6.08 Å². The summed E-state index contributed by atoms with van der Waals surface area (Å²) in [6.45, 7) is 1.70. The molecule has 0 radical (unpaired) electrons. The van der Waals surface area contributed by atoms with E-state index in [9.17, 15) is 4.79 Å². The second-order valence-corrected chi connectivity index (χ2v) is 4.82. The van der Waals surface area contributed by atoms with Crippen molar-refractivity contribution in [3.8, 4) is 0 Å². The van der Waals surface area contributed by atoms with Crippen molar-refractivity contribution in [1.82, 2.24) is 0 Å². The third kappa shape index (κ3) is 3.13. The summed E-state index contributed by atoms with van der Waals surface area (Å²) >= 11 is 0. The molecule has 0 saturated heterocycles. The van der Waals surface area contributed by atoms with Crippen molar-refractivity contribution in [2.24, 2.45) is 0 Å². The molecule has 1 atom stereocenters. The van der Waals surface area contributed by atoms with Gasteiger partial charge in [-0.05, 0) is 13.0 Å². The summed E-state index contributed by atoms with van der Waals surface area (Å²) in [5.74, 6) is -2.01. The summed E-state index contributed by atoms with van der Waals surface area (Å²) in [6, 6.07) is 0. The molecule has 0 aromatic rings. The Labute approximate surface area is 92.4 Å². The Morgan fingerprint density at radius 2 is 1.73 bits per heavy atom. The molecule has 0 spiro atoms. The minimum atomic E-state index is -1.03. The number of methoxy groups -OCH3 is 3. The predicted octanol–water partition coefficient (Wildman–Crippen LogP) is -0.656. The number of hydrogen-bond donors (Lipinski definition) is 1. The molecule has 0 bridgehead atoms. The van der Waals surface area contributed by atoms with Crippen LogP contribution in [-0.2, 0) is 19.0 Å². The summed E-state index contributed by atoms with van der Waals surface area (Å²) < 4.78 is 15.7. The largest absolute Gasteiger partial charge is 0.478 e. The van der Waals surface area contributed by atoms with Crippen LogP contribution in [0.1, 0.15) is 6.92 Å². The Hall–Kier alpha value is -0.693. The van der Waals surface area contributed by atoms with Gasteiger partial charge in [-0.25, -0.2) is 4.79 Å². The average molecular weight is 234 g/mol. The van der Waals surface area contributed by atoms with Gasteiger partial charge in [0, 0.05) is 27.4 Å². The van der Waals surface area contributed by atoms with Gasteiger partial charge in [0.1, 0.15) is 5.22 Å². The maximum absolute atomic E-state index is 10.5. The Balaban J connectivity index is 5.06. The van der Waals surface area contributed by atoms with Crippen LogP contribution in [0.25, 0.3) is 0 Å². The molecule has 15 heavy (non-hydrogen) atoms. The number of carbonyl (C=O) groups is 1. The van der Waals surface area contributed by atoms with Crippen molar-refractivity contribution in [3.63, 3.8) is 0 Å². The van der Waals surface area contributed by atoms with Crippen LogP contribution in [0, 0.1) is 0 Å². The third-order valence-corrected chi connectivity index (χ3v) is 4.30. The van der Waals surface area contributed by atoms with Crippen molar-refractivity contribution in [2.75, 3.05) is 21.3 Å². The van der Waals surface area contributed by atoms with E-state index < -0.39 is 17.0 Å². The first-order valence-electron chi connectivity index (χ1n) is 4.43. The Bertz CT molecular complexity index is 249. The molecule has 0 aliphatic carbocycles. The Morgan fingerprint density at radius 1 is 1.27 bits per heavy atom. The second kappa shape index (κ2) is 5.41. The molecule has 0 aliphatic heterocycles. The minimum absolute atomic E-state index is 0.529. The molecule has 0 aliphatic rings. The van der Waals surface area contributed by atoms with Crippen molar-refractivity contribution in [3.05, 3.63) is 12.2 Å². The quantitative estimate of drug-likeness (QED) is 0.376. The fourth-order valence-corrected chi connectivity index (χ4v) is 1.70. The summed E-state index contributed by atoms with van der Waals surface area (Å²) in [4.78, 5) is 10.5. The van der Waals surface area contributed by atoms with Crippen LogP contribution in [-0.4, -0.2) is 53.7 Å². The number of carboxylic acid groups (broad SMARTS) is 1. The maximum Gasteiger partial charge on any atom is 0.328 e. The second-order valence-electron chi connectivity index (χ2n) is 3.34. The number of rotatable bonds is 6. The van der Waals surface area contributed by atoms with E-state index in [1.807, 2.05) is 0 Å². The van der Waals surface area contributed by atoms with Crippen LogP contribution < -0.4 is 0 Å². The molecule has 0 aromatic heterocycles. The lowest BCUT2D eigenvalue weighted by molar-refractivity contribution is -0.255. The van der Waals surface area contributed by atoms with Gasteiger partial charge in [-0.2, -0.15) is 0 Å². The lowest BCUT2D eigenvalue weighted by atomic mass is 10.1. The molecular formula is C9H18O5Si. The van der Waals surface area contributed by atoms with Gasteiger partial charge in [-0.1, -0.05) is 0 Å². The van der Waals surface area contributed by atoms with Crippen LogP contribution in [0.3, 0.4) is 0 Å². The molecule has 1 N–H and O–H groups in total. The number of hydrogen-bond acceptors (Lipinski definition) is 4. The monoisotopic (exact) mass is 234 g/mol.